The minimum absolute atomic E-state index is 0.101. The Morgan fingerprint density at radius 2 is 2.08 bits per heavy atom. The number of thiophene rings is 1. The summed E-state index contributed by atoms with van der Waals surface area (Å²) in [6.45, 7) is 5.90. The van der Waals surface area contributed by atoms with Gasteiger partial charge >= 0.3 is 0 Å². The Kier molecular flexibility index (Phi) is 6.74. The predicted molar refractivity (Wildman–Crippen MR) is 98.6 cm³/mol. The van der Waals surface area contributed by atoms with Crippen LogP contribution < -0.4 is 10.6 Å². The maximum Gasteiger partial charge on any atom is 0.274 e. The van der Waals surface area contributed by atoms with Gasteiger partial charge in [-0.1, -0.05) is 31.2 Å². The Balaban J connectivity index is 2.02. The number of nitrogens with zero attached hydrogens (tertiary/aromatic N) is 2. The van der Waals surface area contributed by atoms with Gasteiger partial charge in [-0.2, -0.15) is 0 Å². The van der Waals surface area contributed by atoms with Crippen molar-refractivity contribution in [2.24, 2.45) is 4.99 Å². The number of nitrogens with one attached hydrogen (secondary N) is 2. The minimum Gasteiger partial charge on any atom is -0.357 e. The van der Waals surface area contributed by atoms with Gasteiger partial charge in [0.25, 0.3) is 5.69 Å². The second-order valence-electron chi connectivity index (χ2n) is 5.38. The maximum absolute atomic E-state index is 11.1. The lowest BCUT2D eigenvalue weighted by molar-refractivity contribution is -0.385. The molecule has 0 aliphatic carbocycles. The van der Waals surface area contributed by atoms with E-state index in [1.165, 1.54) is 10.9 Å². The van der Waals surface area contributed by atoms with E-state index in [-0.39, 0.29) is 17.2 Å². The molecule has 0 aliphatic rings. The lowest BCUT2D eigenvalue weighted by Gasteiger charge is -2.15. The fraction of sp³-hybridized carbons (Fsp3) is 0.353. The third kappa shape index (κ3) is 5.06. The van der Waals surface area contributed by atoms with E-state index in [2.05, 4.69) is 34.0 Å². The highest BCUT2D eigenvalue weighted by Crippen LogP contribution is 2.20. The Morgan fingerprint density at radius 1 is 1.29 bits per heavy atom. The summed E-state index contributed by atoms with van der Waals surface area (Å²) in [6.07, 6.45) is 0. The highest BCUT2D eigenvalue weighted by atomic mass is 32.1. The third-order valence-electron chi connectivity index (χ3n) is 3.54. The third-order valence-corrected chi connectivity index (χ3v) is 4.65. The van der Waals surface area contributed by atoms with E-state index >= 15 is 0 Å². The summed E-state index contributed by atoms with van der Waals surface area (Å²) in [5.74, 6) is 1.04. The van der Waals surface area contributed by atoms with Crippen molar-refractivity contribution in [3.8, 4) is 0 Å². The maximum atomic E-state index is 11.1. The molecular formula is C17H22N4O2S. The topological polar surface area (TPSA) is 79.6 Å². The molecule has 1 aromatic heterocycles. The predicted octanol–water partition coefficient (Wildman–Crippen LogP) is 3.52. The number of benzene rings is 1. The molecule has 0 aliphatic heterocycles. The summed E-state index contributed by atoms with van der Waals surface area (Å²) in [5, 5.41) is 19.6. The lowest BCUT2D eigenvalue weighted by atomic mass is 10.1. The van der Waals surface area contributed by atoms with Crippen molar-refractivity contribution in [3.05, 3.63) is 62.3 Å². The minimum atomic E-state index is -0.371. The molecule has 0 bridgehead atoms. The van der Waals surface area contributed by atoms with Gasteiger partial charge < -0.3 is 10.6 Å². The summed E-state index contributed by atoms with van der Waals surface area (Å²) in [6, 6.07) is 10.9. The number of nitro benzene ring substituents is 1. The van der Waals surface area contributed by atoms with Gasteiger partial charge in [0, 0.05) is 30.0 Å². The van der Waals surface area contributed by atoms with Crippen molar-refractivity contribution in [2.75, 3.05) is 13.1 Å². The molecule has 0 saturated heterocycles. The van der Waals surface area contributed by atoms with E-state index in [0.717, 1.165) is 13.1 Å². The fourth-order valence-corrected chi connectivity index (χ4v) is 3.04. The van der Waals surface area contributed by atoms with Gasteiger partial charge in [0.15, 0.2) is 5.96 Å². The number of para-hydroxylation sites is 1. The highest BCUT2D eigenvalue weighted by Gasteiger charge is 2.12. The van der Waals surface area contributed by atoms with Crippen molar-refractivity contribution in [1.82, 2.24) is 10.6 Å². The monoisotopic (exact) mass is 346 g/mol. The molecule has 2 aromatic rings. The van der Waals surface area contributed by atoms with Crippen LogP contribution in [0.4, 0.5) is 5.69 Å². The zero-order chi connectivity index (χ0) is 17.4. The van der Waals surface area contributed by atoms with Gasteiger partial charge in [-0.25, -0.2) is 4.99 Å². The Bertz CT molecular complexity index is 686. The van der Waals surface area contributed by atoms with Gasteiger partial charge in [-0.3, -0.25) is 10.1 Å². The summed E-state index contributed by atoms with van der Waals surface area (Å²) in [5.41, 5.74) is 0.704. The number of guanidine groups is 1. The number of aliphatic imine (C=N–C) groups is 1. The molecule has 1 aromatic carbocycles. The first-order valence-electron chi connectivity index (χ1n) is 7.89. The second kappa shape index (κ2) is 9.02. The highest BCUT2D eigenvalue weighted by molar-refractivity contribution is 7.10. The fourth-order valence-electron chi connectivity index (χ4n) is 2.25. The van der Waals surface area contributed by atoms with Crippen LogP contribution in [0.1, 0.15) is 30.2 Å². The van der Waals surface area contributed by atoms with Crippen LogP contribution in [0.5, 0.6) is 0 Å². The van der Waals surface area contributed by atoms with Crippen LogP contribution in [0.3, 0.4) is 0 Å². The zero-order valence-corrected chi connectivity index (χ0v) is 14.7. The van der Waals surface area contributed by atoms with Gasteiger partial charge in [0.1, 0.15) is 0 Å². The molecule has 1 unspecified atom stereocenters. The second-order valence-corrected chi connectivity index (χ2v) is 6.36. The lowest BCUT2D eigenvalue weighted by Crippen LogP contribution is -2.39. The van der Waals surface area contributed by atoms with E-state index in [1.54, 1.807) is 29.5 Å². The Labute approximate surface area is 145 Å². The van der Waals surface area contributed by atoms with Crippen LogP contribution >= 0.6 is 11.3 Å². The quantitative estimate of drug-likeness (QED) is 0.348. The smallest absolute Gasteiger partial charge is 0.274 e. The number of hydrogen-bond donors (Lipinski definition) is 2. The van der Waals surface area contributed by atoms with Crippen LogP contribution in [0.25, 0.3) is 0 Å². The molecular weight excluding hydrogens is 324 g/mol. The van der Waals surface area contributed by atoms with Crippen molar-refractivity contribution in [3.63, 3.8) is 0 Å². The average molecular weight is 346 g/mol. The molecule has 2 N–H and O–H groups in total. The van der Waals surface area contributed by atoms with E-state index in [1.807, 2.05) is 13.0 Å². The molecule has 0 spiro atoms. The molecule has 0 saturated carbocycles. The number of rotatable bonds is 7. The van der Waals surface area contributed by atoms with Crippen LogP contribution in [0.15, 0.2) is 46.8 Å². The molecule has 24 heavy (non-hydrogen) atoms. The molecule has 0 fully saturated rings. The van der Waals surface area contributed by atoms with Gasteiger partial charge in [-0.05, 0) is 18.4 Å². The molecule has 2 rings (SSSR count). The van der Waals surface area contributed by atoms with E-state index < -0.39 is 0 Å². The van der Waals surface area contributed by atoms with Crippen molar-refractivity contribution in [2.45, 2.75) is 26.3 Å². The molecule has 6 nitrogen and oxygen atoms in total. The van der Waals surface area contributed by atoms with E-state index in [0.29, 0.717) is 17.4 Å². The molecule has 128 valence electrons. The first kappa shape index (κ1) is 17.9. The van der Waals surface area contributed by atoms with Gasteiger partial charge in [0.05, 0.1) is 17.0 Å². The molecule has 0 radical (unpaired) electrons. The van der Waals surface area contributed by atoms with Crippen LogP contribution in [0.2, 0.25) is 0 Å². The number of nitro groups is 1. The molecule has 7 heteroatoms. The average Bonchev–Trinajstić information content (AvgIpc) is 3.12. The normalized spacial score (nSPS) is 12.7. The van der Waals surface area contributed by atoms with Gasteiger partial charge in [0.2, 0.25) is 0 Å². The van der Waals surface area contributed by atoms with Crippen molar-refractivity contribution < 1.29 is 4.92 Å². The first-order chi connectivity index (χ1) is 11.6. The zero-order valence-electron chi connectivity index (χ0n) is 13.9. The summed E-state index contributed by atoms with van der Waals surface area (Å²) < 4.78 is 0. The Morgan fingerprint density at radius 3 is 2.75 bits per heavy atom. The van der Waals surface area contributed by atoms with Gasteiger partial charge in [-0.15, -0.1) is 11.3 Å². The van der Waals surface area contributed by atoms with Crippen LogP contribution in [0, 0.1) is 10.1 Å². The van der Waals surface area contributed by atoms with Crippen molar-refractivity contribution >= 4 is 23.0 Å². The molecule has 1 atom stereocenters. The number of hydrogen-bond acceptors (Lipinski definition) is 4. The summed E-state index contributed by atoms with van der Waals surface area (Å²) in [7, 11) is 0. The van der Waals surface area contributed by atoms with Crippen molar-refractivity contribution in [1.29, 1.82) is 0 Å². The Hall–Kier alpha value is -2.41. The summed E-state index contributed by atoms with van der Waals surface area (Å²) >= 11 is 1.74. The largest absolute Gasteiger partial charge is 0.357 e. The van der Waals surface area contributed by atoms with Crippen LogP contribution in [-0.4, -0.2) is 24.0 Å². The van der Waals surface area contributed by atoms with E-state index in [9.17, 15) is 10.1 Å². The standard InChI is InChI=1S/C17H22N4O2S/c1-3-18-17(19-11-13(2)16-9-6-10-24-16)20-12-14-7-4-5-8-15(14)21(22)23/h4-10,13H,3,11-12H2,1-2H3,(H2,18,19,20). The SMILES string of the molecule is CCNC(=NCc1ccccc1[N+](=O)[O-])NCC(C)c1cccs1. The van der Waals surface area contributed by atoms with Crippen LogP contribution in [-0.2, 0) is 6.54 Å². The van der Waals surface area contributed by atoms with E-state index in [4.69, 9.17) is 0 Å². The summed E-state index contributed by atoms with van der Waals surface area (Å²) in [4.78, 5) is 16.5. The first-order valence-corrected chi connectivity index (χ1v) is 8.77. The molecule has 1 heterocycles. The molecule has 0 amide bonds.